The van der Waals surface area contributed by atoms with Crippen LogP contribution in [0.4, 0.5) is 0 Å². The average Bonchev–Trinajstić information content (AvgIpc) is 2.84. The SMILES string of the molecule is Brc1ccc2c(c1)OCCCC2NCc1ccon1. The Hall–Kier alpha value is -1.33. The summed E-state index contributed by atoms with van der Waals surface area (Å²) in [4.78, 5) is 0. The van der Waals surface area contributed by atoms with E-state index in [4.69, 9.17) is 9.26 Å². The Balaban J connectivity index is 1.78. The Morgan fingerprint density at radius 1 is 1.37 bits per heavy atom. The first-order valence-corrected chi connectivity index (χ1v) is 7.17. The van der Waals surface area contributed by atoms with E-state index >= 15 is 0 Å². The highest BCUT2D eigenvalue weighted by molar-refractivity contribution is 9.10. The van der Waals surface area contributed by atoms with Gasteiger partial charge in [-0.25, -0.2) is 0 Å². The third-order valence-electron chi connectivity index (χ3n) is 3.27. The van der Waals surface area contributed by atoms with Crippen molar-refractivity contribution in [1.82, 2.24) is 10.5 Å². The van der Waals surface area contributed by atoms with Crippen LogP contribution in [0.25, 0.3) is 0 Å². The van der Waals surface area contributed by atoms with Gasteiger partial charge in [-0.05, 0) is 25.0 Å². The zero-order valence-electron chi connectivity index (χ0n) is 10.4. The summed E-state index contributed by atoms with van der Waals surface area (Å²) in [5.41, 5.74) is 2.13. The van der Waals surface area contributed by atoms with Gasteiger partial charge >= 0.3 is 0 Å². The fourth-order valence-electron chi connectivity index (χ4n) is 2.31. The summed E-state index contributed by atoms with van der Waals surface area (Å²) in [5, 5.41) is 7.44. The lowest BCUT2D eigenvalue weighted by Crippen LogP contribution is -2.20. The van der Waals surface area contributed by atoms with E-state index in [1.54, 1.807) is 6.26 Å². The van der Waals surface area contributed by atoms with Gasteiger partial charge in [0.15, 0.2) is 0 Å². The topological polar surface area (TPSA) is 47.3 Å². The van der Waals surface area contributed by atoms with Crippen LogP contribution in [-0.4, -0.2) is 11.8 Å². The van der Waals surface area contributed by atoms with Crippen LogP contribution in [0.3, 0.4) is 0 Å². The monoisotopic (exact) mass is 322 g/mol. The Kier molecular flexibility index (Phi) is 3.84. The van der Waals surface area contributed by atoms with E-state index in [1.807, 2.05) is 12.1 Å². The smallest absolute Gasteiger partial charge is 0.125 e. The molecule has 1 aliphatic rings. The molecule has 1 aromatic carbocycles. The lowest BCUT2D eigenvalue weighted by atomic mass is 10.0. The first-order valence-electron chi connectivity index (χ1n) is 6.38. The molecule has 2 aromatic rings. The number of nitrogens with zero attached hydrogens (tertiary/aromatic N) is 1. The summed E-state index contributed by atoms with van der Waals surface area (Å²) < 4.78 is 11.7. The van der Waals surface area contributed by atoms with Crippen LogP contribution in [0.1, 0.15) is 30.1 Å². The van der Waals surface area contributed by atoms with Crippen LogP contribution >= 0.6 is 15.9 Å². The molecule has 0 radical (unpaired) electrons. The maximum absolute atomic E-state index is 5.79. The number of hydrogen-bond donors (Lipinski definition) is 1. The molecular weight excluding hydrogens is 308 g/mol. The fraction of sp³-hybridized carbons (Fsp3) is 0.357. The molecule has 3 rings (SSSR count). The van der Waals surface area contributed by atoms with Crippen LogP contribution in [0.15, 0.2) is 39.5 Å². The van der Waals surface area contributed by atoms with Gasteiger partial charge in [0, 0.05) is 28.7 Å². The molecular formula is C14H15BrN2O2. The summed E-state index contributed by atoms with van der Waals surface area (Å²) in [6.45, 7) is 1.47. The van der Waals surface area contributed by atoms with E-state index in [0.717, 1.165) is 35.4 Å². The number of aromatic nitrogens is 1. The molecule has 2 heterocycles. The second kappa shape index (κ2) is 5.75. The molecule has 1 N–H and O–H groups in total. The van der Waals surface area contributed by atoms with Gasteiger partial charge < -0.3 is 14.6 Å². The quantitative estimate of drug-likeness (QED) is 0.940. The van der Waals surface area contributed by atoms with E-state index < -0.39 is 0 Å². The molecule has 0 bridgehead atoms. The lowest BCUT2D eigenvalue weighted by molar-refractivity contribution is 0.315. The van der Waals surface area contributed by atoms with Crippen molar-refractivity contribution in [3.63, 3.8) is 0 Å². The van der Waals surface area contributed by atoms with Crippen molar-refractivity contribution < 1.29 is 9.26 Å². The van der Waals surface area contributed by atoms with Crippen molar-refractivity contribution in [2.75, 3.05) is 6.61 Å². The predicted octanol–water partition coefficient (Wildman–Crippen LogP) is 3.44. The minimum atomic E-state index is 0.294. The normalized spacial score (nSPS) is 18.5. The van der Waals surface area contributed by atoms with Crippen molar-refractivity contribution in [2.24, 2.45) is 0 Å². The van der Waals surface area contributed by atoms with Gasteiger partial charge in [0.1, 0.15) is 12.0 Å². The van der Waals surface area contributed by atoms with Gasteiger partial charge in [-0.2, -0.15) is 0 Å². The van der Waals surface area contributed by atoms with Crippen molar-refractivity contribution in [2.45, 2.75) is 25.4 Å². The predicted molar refractivity (Wildman–Crippen MR) is 75.0 cm³/mol. The number of rotatable bonds is 3. The van der Waals surface area contributed by atoms with E-state index in [0.29, 0.717) is 12.6 Å². The van der Waals surface area contributed by atoms with Crippen molar-refractivity contribution in [3.05, 3.63) is 46.3 Å². The van der Waals surface area contributed by atoms with E-state index in [1.165, 1.54) is 5.56 Å². The molecule has 0 saturated heterocycles. The molecule has 5 heteroatoms. The number of ether oxygens (including phenoxy) is 1. The summed E-state index contributed by atoms with van der Waals surface area (Å²) >= 11 is 3.48. The summed E-state index contributed by atoms with van der Waals surface area (Å²) in [7, 11) is 0. The number of benzene rings is 1. The van der Waals surface area contributed by atoms with Crippen molar-refractivity contribution in [3.8, 4) is 5.75 Å². The number of nitrogens with one attached hydrogen (secondary N) is 1. The van der Waals surface area contributed by atoms with E-state index in [-0.39, 0.29) is 0 Å². The van der Waals surface area contributed by atoms with Gasteiger partial charge in [0.25, 0.3) is 0 Å². The molecule has 4 nitrogen and oxygen atoms in total. The van der Waals surface area contributed by atoms with Crippen molar-refractivity contribution >= 4 is 15.9 Å². The fourth-order valence-corrected chi connectivity index (χ4v) is 2.65. The minimum Gasteiger partial charge on any atom is -0.493 e. The molecule has 100 valence electrons. The number of fused-ring (bicyclic) bond motifs is 1. The van der Waals surface area contributed by atoms with Gasteiger partial charge in [-0.15, -0.1) is 0 Å². The van der Waals surface area contributed by atoms with Gasteiger partial charge in [-0.1, -0.05) is 27.2 Å². The second-order valence-corrected chi connectivity index (χ2v) is 5.51. The Morgan fingerprint density at radius 2 is 2.32 bits per heavy atom. The van der Waals surface area contributed by atoms with Gasteiger partial charge in [-0.3, -0.25) is 0 Å². The van der Waals surface area contributed by atoms with Crippen LogP contribution in [0, 0.1) is 0 Å². The molecule has 0 amide bonds. The Bertz CT molecular complexity index is 542. The summed E-state index contributed by atoms with van der Waals surface area (Å²) in [6.07, 6.45) is 3.70. The standard InChI is InChI=1S/C14H15BrN2O2/c15-10-3-4-12-13(2-1-6-18-14(12)8-10)16-9-11-5-7-19-17-11/h3-5,7-8,13,16H,1-2,6,9H2. The molecule has 1 aliphatic heterocycles. The van der Waals surface area contributed by atoms with Crippen LogP contribution in [0.5, 0.6) is 5.75 Å². The summed E-state index contributed by atoms with van der Waals surface area (Å²) in [6, 6.07) is 8.37. The highest BCUT2D eigenvalue weighted by atomic mass is 79.9. The van der Waals surface area contributed by atoms with Crippen LogP contribution in [0.2, 0.25) is 0 Å². The van der Waals surface area contributed by atoms with Crippen LogP contribution in [-0.2, 0) is 6.54 Å². The van der Waals surface area contributed by atoms with Crippen LogP contribution < -0.4 is 10.1 Å². The van der Waals surface area contributed by atoms with Gasteiger partial charge in [0.2, 0.25) is 0 Å². The molecule has 1 unspecified atom stereocenters. The zero-order valence-corrected chi connectivity index (χ0v) is 12.0. The third kappa shape index (κ3) is 2.98. The maximum atomic E-state index is 5.79. The summed E-state index contributed by atoms with van der Waals surface area (Å²) in [5.74, 6) is 0.963. The second-order valence-electron chi connectivity index (χ2n) is 4.60. The van der Waals surface area contributed by atoms with E-state index in [9.17, 15) is 0 Å². The highest BCUT2D eigenvalue weighted by Crippen LogP contribution is 2.33. The highest BCUT2D eigenvalue weighted by Gasteiger charge is 2.19. The molecule has 1 aromatic heterocycles. The third-order valence-corrected chi connectivity index (χ3v) is 3.76. The molecule has 0 saturated carbocycles. The number of hydrogen-bond acceptors (Lipinski definition) is 4. The molecule has 19 heavy (non-hydrogen) atoms. The number of halogens is 1. The molecule has 0 spiro atoms. The largest absolute Gasteiger partial charge is 0.493 e. The molecule has 0 fully saturated rings. The van der Waals surface area contributed by atoms with Crippen molar-refractivity contribution in [1.29, 1.82) is 0 Å². The van der Waals surface area contributed by atoms with E-state index in [2.05, 4.69) is 38.5 Å². The molecule has 1 atom stereocenters. The molecule has 0 aliphatic carbocycles. The minimum absolute atomic E-state index is 0.294. The maximum Gasteiger partial charge on any atom is 0.125 e. The Labute approximate surface area is 120 Å². The first-order chi connectivity index (χ1) is 9.33. The average molecular weight is 323 g/mol. The first kappa shape index (κ1) is 12.7. The van der Waals surface area contributed by atoms with Gasteiger partial charge in [0.05, 0.1) is 12.3 Å². The lowest BCUT2D eigenvalue weighted by Gasteiger charge is -2.17. The Morgan fingerprint density at radius 3 is 3.16 bits per heavy atom. The zero-order chi connectivity index (χ0) is 13.1.